The van der Waals surface area contributed by atoms with Crippen molar-refractivity contribution in [1.82, 2.24) is 5.32 Å². The summed E-state index contributed by atoms with van der Waals surface area (Å²) in [7, 11) is 0. The maximum Gasteiger partial charge on any atom is 0.312 e. The number of benzene rings is 1. The van der Waals surface area contributed by atoms with Gasteiger partial charge in [-0.3, -0.25) is 4.79 Å². The van der Waals surface area contributed by atoms with Gasteiger partial charge in [0.15, 0.2) is 0 Å². The van der Waals surface area contributed by atoms with Gasteiger partial charge >= 0.3 is 6.03 Å². The van der Waals surface area contributed by atoms with E-state index in [4.69, 9.17) is 5.73 Å². The van der Waals surface area contributed by atoms with Crippen LogP contribution >= 0.6 is 15.9 Å². The average molecular weight is 342 g/mol. The fraction of sp³-hybridized carbons (Fsp3) is 0.429. The summed E-state index contributed by atoms with van der Waals surface area (Å²) in [5.41, 5.74) is 6.82. The van der Waals surface area contributed by atoms with Crippen molar-refractivity contribution in [1.29, 1.82) is 0 Å². The summed E-state index contributed by atoms with van der Waals surface area (Å²) in [6.45, 7) is 2.51. The van der Waals surface area contributed by atoms with Crippen LogP contribution in [0.4, 0.5) is 10.5 Å². The highest BCUT2D eigenvalue weighted by molar-refractivity contribution is 9.10. The molecule has 0 atom stereocenters. The fourth-order valence-electron chi connectivity index (χ4n) is 1.78. The van der Waals surface area contributed by atoms with Crippen LogP contribution in [0.25, 0.3) is 0 Å². The second-order valence-corrected chi connectivity index (χ2v) is 5.52. The molecule has 0 unspecified atom stereocenters. The molecule has 0 aliphatic carbocycles. The molecule has 0 spiro atoms. The van der Waals surface area contributed by atoms with Gasteiger partial charge in [-0.05, 0) is 43.5 Å². The van der Waals surface area contributed by atoms with Gasteiger partial charge in [-0.1, -0.05) is 22.4 Å². The Labute approximate surface area is 127 Å². The van der Waals surface area contributed by atoms with Crippen molar-refractivity contribution in [3.8, 4) is 0 Å². The Hall–Kier alpha value is -1.56. The van der Waals surface area contributed by atoms with E-state index in [1.807, 2.05) is 25.1 Å². The first-order chi connectivity index (χ1) is 9.49. The summed E-state index contributed by atoms with van der Waals surface area (Å²) in [5.74, 6) is 0.0123. The maximum atomic E-state index is 11.8. The molecule has 0 saturated carbocycles. The van der Waals surface area contributed by atoms with Gasteiger partial charge in [-0.15, -0.1) is 0 Å². The molecule has 4 N–H and O–H groups in total. The Kier molecular flexibility index (Phi) is 7.08. The third-order valence-corrected chi connectivity index (χ3v) is 3.34. The molecule has 0 aliphatic heterocycles. The molecule has 0 saturated heterocycles. The molecule has 1 rings (SSSR count). The van der Waals surface area contributed by atoms with E-state index >= 15 is 0 Å². The van der Waals surface area contributed by atoms with Gasteiger partial charge in [0.05, 0.1) is 0 Å². The van der Waals surface area contributed by atoms with Crippen molar-refractivity contribution in [2.75, 3.05) is 11.9 Å². The molecule has 5 nitrogen and oxygen atoms in total. The molecule has 0 fully saturated rings. The van der Waals surface area contributed by atoms with Crippen molar-refractivity contribution in [3.63, 3.8) is 0 Å². The molecule has 0 radical (unpaired) electrons. The quantitative estimate of drug-likeness (QED) is 0.666. The smallest absolute Gasteiger partial charge is 0.312 e. The summed E-state index contributed by atoms with van der Waals surface area (Å²) < 4.78 is 0.995. The standard InChI is InChI=1S/C14H20BrN3O2/c1-10-9-11(15)6-7-12(10)18-13(19)5-3-2-4-8-17-14(16)20/h6-7,9H,2-5,8H2,1H3,(H,18,19)(H3,16,17,20). The maximum absolute atomic E-state index is 11.8. The largest absolute Gasteiger partial charge is 0.352 e. The summed E-state index contributed by atoms with van der Waals surface area (Å²) in [6.07, 6.45) is 2.98. The SMILES string of the molecule is Cc1cc(Br)ccc1NC(=O)CCCCCNC(N)=O. The van der Waals surface area contributed by atoms with Crippen LogP contribution in [0.3, 0.4) is 0 Å². The number of hydrogen-bond donors (Lipinski definition) is 3. The van der Waals surface area contributed by atoms with E-state index in [2.05, 4.69) is 26.6 Å². The minimum atomic E-state index is -0.506. The number of carbonyl (C=O) groups is 2. The van der Waals surface area contributed by atoms with E-state index < -0.39 is 6.03 Å². The highest BCUT2D eigenvalue weighted by atomic mass is 79.9. The summed E-state index contributed by atoms with van der Waals surface area (Å²) in [4.78, 5) is 22.2. The number of rotatable bonds is 7. The van der Waals surface area contributed by atoms with E-state index in [1.165, 1.54) is 0 Å². The van der Waals surface area contributed by atoms with E-state index in [9.17, 15) is 9.59 Å². The van der Waals surface area contributed by atoms with Gasteiger partial charge in [0, 0.05) is 23.1 Å². The molecule has 0 heterocycles. The first kappa shape index (κ1) is 16.5. The topological polar surface area (TPSA) is 84.2 Å². The highest BCUT2D eigenvalue weighted by Gasteiger charge is 2.05. The second-order valence-electron chi connectivity index (χ2n) is 4.61. The number of amides is 3. The van der Waals surface area contributed by atoms with Gasteiger partial charge in [-0.25, -0.2) is 4.79 Å². The van der Waals surface area contributed by atoms with Gasteiger partial charge < -0.3 is 16.4 Å². The van der Waals surface area contributed by atoms with Crippen LogP contribution in [0.2, 0.25) is 0 Å². The van der Waals surface area contributed by atoms with E-state index in [0.29, 0.717) is 13.0 Å². The van der Waals surface area contributed by atoms with E-state index in [1.54, 1.807) is 0 Å². The monoisotopic (exact) mass is 341 g/mol. The number of unbranched alkanes of at least 4 members (excludes halogenated alkanes) is 2. The van der Waals surface area contributed by atoms with Crippen LogP contribution in [0.1, 0.15) is 31.2 Å². The van der Waals surface area contributed by atoms with Crippen molar-refractivity contribution in [2.24, 2.45) is 5.73 Å². The van der Waals surface area contributed by atoms with E-state index in [0.717, 1.165) is 35.0 Å². The zero-order valence-corrected chi connectivity index (χ0v) is 13.1. The summed E-state index contributed by atoms with van der Waals surface area (Å²) in [5, 5.41) is 5.42. The zero-order valence-electron chi connectivity index (χ0n) is 11.5. The number of nitrogens with two attached hydrogens (primary N) is 1. The Morgan fingerprint density at radius 3 is 2.65 bits per heavy atom. The number of urea groups is 1. The molecule has 20 heavy (non-hydrogen) atoms. The number of anilines is 1. The van der Waals surface area contributed by atoms with Gasteiger partial charge in [0.25, 0.3) is 0 Å². The Bertz CT molecular complexity index is 477. The van der Waals surface area contributed by atoms with Gasteiger partial charge in [-0.2, -0.15) is 0 Å². The van der Waals surface area contributed by atoms with Crippen molar-refractivity contribution in [2.45, 2.75) is 32.6 Å². The predicted molar refractivity (Wildman–Crippen MR) is 83.6 cm³/mol. The van der Waals surface area contributed by atoms with Crippen molar-refractivity contribution < 1.29 is 9.59 Å². The third-order valence-electron chi connectivity index (χ3n) is 2.84. The van der Waals surface area contributed by atoms with Crippen molar-refractivity contribution in [3.05, 3.63) is 28.2 Å². The van der Waals surface area contributed by atoms with Gasteiger partial charge in [0.1, 0.15) is 0 Å². The lowest BCUT2D eigenvalue weighted by Crippen LogP contribution is -2.29. The summed E-state index contributed by atoms with van der Waals surface area (Å²) in [6, 6.07) is 5.24. The van der Waals surface area contributed by atoms with Crippen LogP contribution in [-0.4, -0.2) is 18.5 Å². The normalized spacial score (nSPS) is 10.1. The average Bonchev–Trinajstić information content (AvgIpc) is 2.36. The van der Waals surface area contributed by atoms with Crippen molar-refractivity contribution >= 4 is 33.6 Å². The number of aryl methyl sites for hydroxylation is 1. The lowest BCUT2D eigenvalue weighted by Gasteiger charge is -2.08. The molecule has 110 valence electrons. The zero-order chi connectivity index (χ0) is 15.0. The Morgan fingerprint density at radius 1 is 1.25 bits per heavy atom. The molecule has 3 amide bonds. The third kappa shape index (κ3) is 6.56. The second kappa shape index (κ2) is 8.58. The molecule has 6 heteroatoms. The molecule has 0 aromatic heterocycles. The van der Waals surface area contributed by atoms with E-state index in [-0.39, 0.29) is 5.91 Å². The molecule has 0 bridgehead atoms. The molecule has 0 aliphatic rings. The number of halogens is 1. The fourth-order valence-corrected chi connectivity index (χ4v) is 2.25. The number of nitrogens with one attached hydrogen (secondary N) is 2. The predicted octanol–water partition coefficient (Wildman–Crippen LogP) is 2.92. The Balaban J connectivity index is 2.22. The van der Waals surface area contributed by atoms with Crippen LogP contribution in [0.15, 0.2) is 22.7 Å². The number of primary amides is 1. The van der Waals surface area contributed by atoms with Crippen LogP contribution in [-0.2, 0) is 4.79 Å². The molecule has 1 aromatic carbocycles. The van der Waals surface area contributed by atoms with Gasteiger partial charge in [0.2, 0.25) is 5.91 Å². The first-order valence-corrected chi connectivity index (χ1v) is 7.37. The number of hydrogen-bond acceptors (Lipinski definition) is 2. The number of carbonyl (C=O) groups excluding carboxylic acids is 2. The molecular weight excluding hydrogens is 322 g/mol. The van der Waals surface area contributed by atoms with Crippen LogP contribution in [0.5, 0.6) is 0 Å². The first-order valence-electron chi connectivity index (χ1n) is 6.58. The van der Waals surface area contributed by atoms with Crippen LogP contribution < -0.4 is 16.4 Å². The summed E-state index contributed by atoms with van der Waals surface area (Å²) >= 11 is 3.39. The highest BCUT2D eigenvalue weighted by Crippen LogP contribution is 2.20. The lowest BCUT2D eigenvalue weighted by molar-refractivity contribution is -0.116. The Morgan fingerprint density at radius 2 is 2.00 bits per heavy atom. The lowest BCUT2D eigenvalue weighted by atomic mass is 10.1. The minimum absolute atomic E-state index is 0.0123. The minimum Gasteiger partial charge on any atom is -0.352 e. The molecular formula is C14H20BrN3O2. The van der Waals surface area contributed by atoms with Crippen LogP contribution in [0, 0.1) is 6.92 Å². The molecule has 1 aromatic rings.